The van der Waals surface area contributed by atoms with Crippen molar-refractivity contribution in [2.75, 3.05) is 13.2 Å². The molecule has 0 fully saturated rings. The molecule has 1 aromatic rings. The quantitative estimate of drug-likeness (QED) is 0.671. The van der Waals surface area contributed by atoms with E-state index in [1.54, 1.807) is 0 Å². The van der Waals surface area contributed by atoms with E-state index in [1.165, 1.54) is 11.1 Å². The number of benzene rings is 1. The van der Waals surface area contributed by atoms with Crippen molar-refractivity contribution in [3.8, 4) is 0 Å². The third-order valence-corrected chi connectivity index (χ3v) is 2.58. The fourth-order valence-corrected chi connectivity index (χ4v) is 1.66. The highest BCUT2D eigenvalue weighted by molar-refractivity contribution is 5.26. The maximum Gasteiger partial charge on any atom is 0.0431 e. The molecule has 1 aromatic carbocycles. The molecule has 0 unspecified atom stereocenters. The van der Waals surface area contributed by atoms with Crippen LogP contribution in [0.4, 0.5) is 0 Å². The lowest BCUT2D eigenvalue weighted by atomic mass is 10.1. The average molecular weight is 207 g/mol. The first-order valence-electron chi connectivity index (χ1n) is 5.76. The van der Waals surface area contributed by atoms with E-state index >= 15 is 0 Å². The van der Waals surface area contributed by atoms with Crippen LogP contribution in [0.25, 0.3) is 0 Å². The summed E-state index contributed by atoms with van der Waals surface area (Å²) >= 11 is 0. The van der Waals surface area contributed by atoms with Crippen LogP contribution in [0.5, 0.6) is 0 Å². The van der Waals surface area contributed by atoms with Crippen molar-refractivity contribution < 1.29 is 5.11 Å². The second-order valence-corrected chi connectivity index (χ2v) is 3.73. The summed E-state index contributed by atoms with van der Waals surface area (Å²) in [4.78, 5) is 0. The van der Waals surface area contributed by atoms with Gasteiger partial charge >= 0.3 is 0 Å². The number of aryl methyl sites for hydroxylation is 1. The zero-order chi connectivity index (χ0) is 10.9. The molecule has 0 radical (unpaired) electrons. The van der Waals surface area contributed by atoms with Gasteiger partial charge in [-0.25, -0.2) is 0 Å². The van der Waals surface area contributed by atoms with E-state index < -0.39 is 0 Å². The minimum absolute atomic E-state index is 0.299. The number of rotatable bonds is 7. The number of hydrogen-bond donors (Lipinski definition) is 2. The first-order chi connectivity index (χ1) is 7.38. The maximum absolute atomic E-state index is 8.64. The molecule has 0 atom stereocenters. The molecule has 2 N–H and O–H groups in total. The van der Waals surface area contributed by atoms with Crippen molar-refractivity contribution in [3.63, 3.8) is 0 Å². The standard InChI is InChI=1S/C13H21NO/c1-2-12-7-3-4-8-13(12)11-14-9-5-6-10-15/h3-4,7-8,14-15H,2,5-6,9-11H2,1H3. The topological polar surface area (TPSA) is 32.3 Å². The molecule has 84 valence electrons. The third-order valence-electron chi connectivity index (χ3n) is 2.58. The van der Waals surface area contributed by atoms with E-state index in [2.05, 4.69) is 36.5 Å². The molecular formula is C13H21NO. The van der Waals surface area contributed by atoms with Crippen molar-refractivity contribution in [1.82, 2.24) is 5.32 Å². The Bertz CT molecular complexity index is 273. The Kier molecular flexibility index (Phi) is 6.05. The lowest BCUT2D eigenvalue weighted by Crippen LogP contribution is -2.16. The molecule has 0 spiro atoms. The summed E-state index contributed by atoms with van der Waals surface area (Å²) in [5.41, 5.74) is 2.82. The van der Waals surface area contributed by atoms with Crippen LogP contribution in [0, 0.1) is 0 Å². The van der Waals surface area contributed by atoms with E-state index in [-0.39, 0.29) is 0 Å². The summed E-state index contributed by atoms with van der Waals surface area (Å²) in [6, 6.07) is 8.54. The summed E-state index contributed by atoms with van der Waals surface area (Å²) < 4.78 is 0. The number of unbranched alkanes of at least 4 members (excludes halogenated alkanes) is 1. The first kappa shape index (κ1) is 12.2. The van der Waals surface area contributed by atoms with Gasteiger partial charge in [0.25, 0.3) is 0 Å². The minimum atomic E-state index is 0.299. The molecule has 0 aliphatic heterocycles. The molecule has 0 bridgehead atoms. The Labute approximate surface area is 92.3 Å². The summed E-state index contributed by atoms with van der Waals surface area (Å²) in [7, 11) is 0. The van der Waals surface area contributed by atoms with E-state index in [4.69, 9.17) is 5.11 Å². The van der Waals surface area contributed by atoms with Crippen LogP contribution < -0.4 is 5.32 Å². The van der Waals surface area contributed by atoms with Crippen molar-refractivity contribution in [2.24, 2.45) is 0 Å². The molecule has 0 aliphatic carbocycles. The molecular weight excluding hydrogens is 186 g/mol. The van der Waals surface area contributed by atoms with Gasteiger partial charge in [-0.1, -0.05) is 31.2 Å². The van der Waals surface area contributed by atoms with Gasteiger partial charge in [0.1, 0.15) is 0 Å². The number of hydrogen-bond acceptors (Lipinski definition) is 2. The van der Waals surface area contributed by atoms with Gasteiger partial charge in [0.2, 0.25) is 0 Å². The van der Waals surface area contributed by atoms with Gasteiger partial charge in [-0.15, -0.1) is 0 Å². The zero-order valence-corrected chi connectivity index (χ0v) is 9.50. The Morgan fingerprint density at radius 3 is 2.53 bits per heavy atom. The molecule has 2 nitrogen and oxygen atoms in total. The Morgan fingerprint density at radius 1 is 1.13 bits per heavy atom. The van der Waals surface area contributed by atoms with Crippen molar-refractivity contribution >= 4 is 0 Å². The largest absolute Gasteiger partial charge is 0.396 e. The van der Waals surface area contributed by atoms with Crippen LogP contribution in [-0.2, 0) is 13.0 Å². The zero-order valence-electron chi connectivity index (χ0n) is 9.50. The van der Waals surface area contributed by atoms with Crippen LogP contribution in [0.15, 0.2) is 24.3 Å². The normalized spacial score (nSPS) is 10.5. The lowest BCUT2D eigenvalue weighted by molar-refractivity contribution is 0.283. The monoisotopic (exact) mass is 207 g/mol. The van der Waals surface area contributed by atoms with Crippen LogP contribution in [0.1, 0.15) is 30.9 Å². The molecule has 1 rings (SSSR count). The molecule has 0 saturated heterocycles. The van der Waals surface area contributed by atoms with Crippen LogP contribution >= 0.6 is 0 Å². The maximum atomic E-state index is 8.64. The predicted molar refractivity (Wildman–Crippen MR) is 63.8 cm³/mol. The summed E-state index contributed by atoms with van der Waals surface area (Å²) in [6.07, 6.45) is 3.03. The van der Waals surface area contributed by atoms with Crippen molar-refractivity contribution in [3.05, 3.63) is 35.4 Å². The van der Waals surface area contributed by atoms with E-state index in [0.29, 0.717) is 6.61 Å². The summed E-state index contributed by atoms with van der Waals surface area (Å²) in [5.74, 6) is 0. The Hall–Kier alpha value is -0.860. The molecule has 0 aromatic heterocycles. The highest BCUT2D eigenvalue weighted by Crippen LogP contribution is 2.08. The second kappa shape index (κ2) is 7.43. The highest BCUT2D eigenvalue weighted by Gasteiger charge is 1.98. The van der Waals surface area contributed by atoms with Gasteiger partial charge in [0.05, 0.1) is 0 Å². The van der Waals surface area contributed by atoms with Gasteiger partial charge < -0.3 is 10.4 Å². The van der Waals surface area contributed by atoms with Gasteiger partial charge in [0, 0.05) is 13.2 Å². The van der Waals surface area contributed by atoms with Crippen molar-refractivity contribution in [1.29, 1.82) is 0 Å². The fraction of sp³-hybridized carbons (Fsp3) is 0.538. The van der Waals surface area contributed by atoms with Crippen LogP contribution in [0.3, 0.4) is 0 Å². The first-order valence-corrected chi connectivity index (χ1v) is 5.76. The van der Waals surface area contributed by atoms with Gasteiger partial charge in [0.15, 0.2) is 0 Å². The van der Waals surface area contributed by atoms with Gasteiger partial charge in [-0.3, -0.25) is 0 Å². The number of aliphatic hydroxyl groups excluding tert-OH is 1. The lowest BCUT2D eigenvalue weighted by Gasteiger charge is -2.08. The van der Waals surface area contributed by atoms with Crippen molar-refractivity contribution in [2.45, 2.75) is 32.7 Å². The van der Waals surface area contributed by atoms with E-state index in [1.807, 2.05) is 0 Å². The average Bonchev–Trinajstić information content (AvgIpc) is 2.29. The third kappa shape index (κ3) is 4.45. The summed E-state index contributed by atoms with van der Waals surface area (Å²) in [6.45, 7) is 4.41. The Balaban J connectivity index is 2.30. The van der Waals surface area contributed by atoms with Gasteiger partial charge in [-0.05, 0) is 36.9 Å². The van der Waals surface area contributed by atoms with Gasteiger partial charge in [-0.2, -0.15) is 0 Å². The molecule has 0 amide bonds. The van der Waals surface area contributed by atoms with E-state index in [0.717, 1.165) is 32.4 Å². The Morgan fingerprint density at radius 2 is 1.87 bits per heavy atom. The molecule has 15 heavy (non-hydrogen) atoms. The predicted octanol–water partition coefficient (Wildman–Crippen LogP) is 2.11. The smallest absolute Gasteiger partial charge is 0.0431 e. The SMILES string of the molecule is CCc1ccccc1CNCCCCO. The molecule has 2 heteroatoms. The van der Waals surface area contributed by atoms with Crippen LogP contribution in [-0.4, -0.2) is 18.3 Å². The van der Waals surface area contributed by atoms with Crippen LogP contribution in [0.2, 0.25) is 0 Å². The fourth-order valence-electron chi connectivity index (χ4n) is 1.66. The second-order valence-electron chi connectivity index (χ2n) is 3.73. The number of nitrogens with one attached hydrogen (secondary N) is 1. The summed E-state index contributed by atoms with van der Waals surface area (Å²) in [5, 5.41) is 12.0. The number of aliphatic hydroxyl groups is 1. The highest BCUT2D eigenvalue weighted by atomic mass is 16.2. The van der Waals surface area contributed by atoms with E-state index in [9.17, 15) is 0 Å². The molecule has 0 aliphatic rings. The molecule has 0 saturated carbocycles. The molecule has 0 heterocycles. The minimum Gasteiger partial charge on any atom is -0.396 e.